The molecular formula is C16H18FNO. The van der Waals surface area contributed by atoms with E-state index >= 15 is 0 Å². The first-order valence-electron chi connectivity index (χ1n) is 6.28. The maximum atomic E-state index is 14.1. The molecule has 1 aromatic carbocycles. The van der Waals surface area contributed by atoms with Crippen LogP contribution in [0.3, 0.4) is 0 Å². The molecule has 1 aromatic heterocycles. The van der Waals surface area contributed by atoms with Crippen molar-refractivity contribution < 1.29 is 9.50 Å². The fraction of sp³-hybridized carbons (Fsp3) is 0.312. The van der Waals surface area contributed by atoms with Gasteiger partial charge in [0.05, 0.1) is 0 Å². The molecule has 0 saturated heterocycles. The number of aromatic nitrogens is 1. The number of hydrogen-bond acceptors (Lipinski definition) is 2. The average Bonchev–Trinajstić information content (AvgIpc) is 2.25. The van der Waals surface area contributed by atoms with Gasteiger partial charge in [-0.3, -0.25) is 4.98 Å². The summed E-state index contributed by atoms with van der Waals surface area (Å²) in [7, 11) is 0. The highest BCUT2D eigenvalue weighted by molar-refractivity contribution is 5.39. The largest absolute Gasteiger partial charge is 0.384 e. The highest BCUT2D eigenvalue weighted by Gasteiger charge is 2.18. The predicted octanol–water partition coefficient (Wildman–Crippen LogP) is 3.54. The molecule has 0 spiro atoms. The Hall–Kier alpha value is -1.74. The van der Waals surface area contributed by atoms with Crippen molar-refractivity contribution in [3.05, 3.63) is 63.7 Å². The fourth-order valence-corrected chi connectivity index (χ4v) is 2.46. The SMILES string of the molecule is Cc1cc(C)c(C(O)c2cc(C)nc(C)c2)c(F)c1. The fourth-order valence-electron chi connectivity index (χ4n) is 2.46. The highest BCUT2D eigenvalue weighted by atomic mass is 19.1. The number of aliphatic hydroxyl groups is 1. The van der Waals surface area contributed by atoms with E-state index in [1.54, 1.807) is 12.1 Å². The Bertz CT molecular complexity index is 579. The maximum Gasteiger partial charge on any atom is 0.129 e. The van der Waals surface area contributed by atoms with E-state index in [1.165, 1.54) is 6.07 Å². The molecule has 2 aromatic rings. The number of benzene rings is 1. The maximum absolute atomic E-state index is 14.1. The Morgan fingerprint density at radius 3 is 2.11 bits per heavy atom. The number of aryl methyl sites for hydroxylation is 4. The van der Waals surface area contributed by atoms with Gasteiger partial charge in [0.2, 0.25) is 0 Å². The molecule has 2 rings (SSSR count). The summed E-state index contributed by atoms with van der Waals surface area (Å²) in [6, 6.07) is 6.90. The molecule has 1 atom stereocenters. The molecule has 1 unspecified atom stereocenters. The Balaban J connectivity index is 2.52. The summed E-state index contributed by atoms with van der Waals surface area (Å²) in [6.45, 7) is 7.38. The lowest BCUT2D eigenvalue weighted by molar-refractivity contribution is 0.214. The van der Waals surface area contributed by atoms with Crippen molar-refractivity contribution >= 4 is 0 Å². The lowest BCUT2D eigenvalue weighted by Crippen LogP contribution is -2.07. The van der Waals surface area contributed by atoms with Gasteiger partial charge in [0.1, 0.15) is 11.9 Å². The summed E-state index contributed by atoms with van der Waals surface area (Å²) in [5, 5.41) is 10.4. The molecule has 19 heavy (non-hydrogen) atoms. The number of halogens is 1. The van der Waals surface area contributed by atoms with E-state index in [-0.39, 0.29) is 5.82 Å². The van der Waals surface area contributed by atoms with E-state index in [0.717, 1.165) is 22.5 Å². The van der Waals surface area contributed by atoms with Crippen LogP contribution in [0, 0.1) is 33.5 Å². The van der Waals surface area contributed by atoms with Gasteiger partial charge < -0.3 is 5.11 Å². The molecule has 0 aliphatic carbocycles. The molecule has 0 fully saturated rings. The zero-order chi connectivity index (χ0) is 14.2. The van der Waals surface area contributed by atoms with Crippen molar-refractivity contribution in [3.8, 4) is 0 Å². The lowest BCUT2D eigenvalue weighted by atomic mass is 9.95. The van der Waals surface area contributed by atoms with Gasteiger partial charge in [0.15, 0.2) is 0 Å². The average molecular weight is 259 g/mol. The second kappa shape index (κ2) is 5.10. The molecule has 1 N–H and O–H groups in total. The van der Waals surface area contributed by atoms with Gasteiger partial charge in [-0.1, -0.05) is 6.07 Å². The number of nitrogens with zero attached hydrogens (tertiary/aromatic N) is 1. The number of aliphatic hydroxyl groups excluding tert-OH is 1. The van der Waals surface area contributed by atoms with Crippen LogP contribution >= 0.6 is 0 Å². The summed E-state index contributed by atoms with van der Waals surface area (Å²) in [4.78, 5) is 4.26. The van der Waals surface area contributed by atoms with Crippen molar-refractivity contribution in [2.24, 2.45) is 0 Å². The summed E-state index contributed by atoms with van der Waals surface area (Å²) >= 11 is 0. The molecule has 0 aliphatic heterocycles. The lowest BCUT2D eigenvalue weighted by Gasteiger charge is -2.16. The molecule has 0 aliphatic rings. The van der Waals surface area contributed by atoms with E-state index in [9.17, 15) is 9.50 Å². The van der Waals surface area contributed by atoms with Crippen LogP contribution in [-0.2, 0) is 0 Å². The van der Waals surface area contributed by atoms with Gasteiger partial charge in [0, 0.05) is 17.0 Å². The Morgan fingerprint density at radius 2 is 1.58 bits per heavy atom. The smallest absolute Gasteiger partial charge is 0.129 e. The van der Waals surface area contributed by atoms with Crippen LogP contribution in [0.4, 0.5) is 4.39 Å². The topological polar surface area (TPSA) is 33.1 Å². The molecule has 1 heterocycles. The first kappa shape index (κ1) is 13.7. The van der Waals surface area contributed by atoms with Crippen LogP contribution in [0.5, 0.6) is 0 Å². The summed E-state index contributed by atoms with van der Waals surface area (Å²) in [5.74, 6) is -0.364. The monoisotopic (exact) mass is 259 g/mol. The van der Waals surface area contributed by atoms with E-state index in [2.05, 4.69) is 4.98 Å². The molecule has 0 amide bonds. The Morgan fingerprint density at radius 1 is 1.00 bits per heavy atom. The first-order valence-corrected chi connectivity index (χ1v) is 6.28. The van der Waals surface area contributed by atoms with E-state index in [1.807, 2.05) is 33.8 Å². The van der Waals surface area contributed by atoms with Gasteiger partial charge in [-0.15, -0.1) is 0 Å². The third kappa shape index (κ3) is 2.82. The number of pyridine rings is 1. The molecule has 2 nitrogen and oxygen atoms in total. The van der Waals surface area contributed by atoms with Crippen LogP contribution in [-0.4, -0.2) is 10.1 Å². The van der Waals surface area contributed by atoms with Crippen molar-refractivity contribution in [3.63, 3.8) is 0 Å². The summed E-state index contributed by atoms with van der Waals surface area (Å²) in [6.07, 6.45) is -0.957. The molecule has 0 saturated carbocycles. The van der Waals surface area contributed by atoms with Gasteiger partial charge in [0.25, 0.3) is 0 Å². The van der Waals surface area contributed by atoms with Crippen molar-refractivity contribution in [2.45, 2.75) is 33.8 Å². The van der Waals surface area contributed by atoms with Crippen molar-refractivity contribution in [1.82, 2.24) is 4.98 Å². The Kier molecular flexibility index (Phi) is 3.67. The van der Waals surface area contributed by atoms with Crippen LogP contribution in [0.2, 0.25) is 0 Å². The standard InChI is InChI=1S/C16H18FNO/c1-9-5-10(2)15(14(17)6-9)16(19)13-7-11(3)18-12(4)8-13/h5-8,16,19H,1-4H3. The highest BCUT2D eigenvalue weighted by Crippen LogP contribution is 2.28. The molecular weight excluding hydrogens is 241 g/mol. The quantitative estimate of drug-likeness (QED) is 0.895. The number of rotatable bonds is 2. The minimum atomic E-state index is -0.957. The first-order chi connectivity index (χ1) is 8.88. The zero-order valence-corrected chi connectivity index (χ0v) is 11.7. The summed E-state index contributed by atoms with van der Waals surface area (Å²) < 4.78 is 14.1. The molecule has 0 bridgehead atoms. The molecule has 3 heteroatoms. The van der Waals surface area contributed by atoms with Crippen LogP contribution in [0.25, 0.3) is 0 Å². The third-order valence-corrected chi connectivity index (χ3v) is 3.17. The van der Waals surface area contributed by atoms with E-state index < -0.39 is 6.10 Å². The number of hydrogen-bond donors (Lipinski definition) is 1. The van der Waals surface area contributed by atoms with E-state index in [0.29, 0.717) is 11.1 Å². The minimum Gasteiger partial charge on any atom is -0.384 e. The third-order valence-electron chi connectivity index (χ3n) is 3.17. The van der Waals surface area contributed by atoms with Crippen LogP contribution in [0.1, 0.15) is 39.7 Å². The van der Waals surface area contributed by atoms with Crippen molar-refractivity contribution in [1.29, 1.82) is 0 Å². The zero-order valence-electron chi connectivity index (χ0n) is 11.7. The normalized spacial score (nSPS) is 12.5. The molecule has 0 radical (unpaired) electrons. The second-order valence-electron chi connectivity index (χ2n) is 5.06. The molecule has 100 valence electrons. The van der Waals surface area contributed by atoms with Gasteiger partial charge in [-0.05, 0) is 62.6 Å². The Labute approximate surface area is 112 Å². The second-order valence-corrected chi connectivity index (χ2v) is 5.06. The van der Waals surface area contributed by atoms with Gasteiger partial charge in [-0.25, -0.2) is 4.39 Å². The van der Waals surface area contributed by atoms with Crippen LogP contribution < -0.4 is 0 Å². The van der Waals surface area contributed by atoms with E-state index in [4.69, 9.17) is 0 Å². The predicted molar refractivity (Wildman–Crippen MR) is 73.6 cm³/mol. The van der Waals surface area contributed by atoms with Crippen molar-refractivity contribution in [2.75, 3.05) is 0 Å². The summed E-state index contributed by atoms with van der Waals surface area (Å²) in [5.41, 5.74) is 4.27. The van der Waals surface area contributed by atoms with Gasteiger partial charge in [-0.2, -0.15) is 0 Å². The van der Waals surface area contributed by atoms with Gasteiger partial charge >= 0.3 is 0 Å². The minimum absolute atomic E-state index is 0.343. The van der Waals surface area contributed by atoms with Crippen LogP contribution in [0.15, 0.2) is 24.3 Å².